The third-order valence-corrected chi connectivity index (χ3v) is 3.31. The van der Waals surface area contributed by atoms with Crippen LogP contribution in [0.25, 0.3) is 0 Å². The summed E-state index contributed by atoms with van der Waals surface area (Å²) in [6.45, 7) is 3.24. The Balaban J connectivity index is 2.73. The van der Waals surface area contributed by atoms with Crippen LogP contribution in [0.15, 0.2) is 18.2 Å². The van der Waals surface area contributed by atoms with E-state index in [1.807, 2.05) is 0 Å². The third kappa shape index (κ3) is 5.60. The zero-order valence-electron chi connectivity index (χ0n) is 13.3. The lowest BCUT2D eigenvalue weighted by Gasteiger charge is -2.18. The second-order valence-corrected chi connectivity index (χ2v) is 5.22. The Hall–Kier alpha value is -2.51. The zero-order chi connectivity index (χ0) is 18.3. The molecule has 1 amide bonds. The molecule has 1 aromatic rings. The summed E-state index contributed by atoms with van der Waals surface area (Å²) in [4.78, 5) is 34.6. The summed E-state index contributed by atoms with van der Waals surface area (Å²) in [5.74, 6) is -5.33. The molecule has 132 valence electrons. The number of halogens is 2. The molecule has 0 aromatic heterocycles. The van der Waals surface area contributed by atoms with Gasteiger partial charge in [0.25, 0.3) is 0 Å². The Morgan fingerprint density at radius 2 is 1.83 bits per heavy atom. The molecule has 2 N–H and O–H groups in total. The maximum absolute atomic E-state index is 13.5. The van der Waals surface area contributed by atoms with Gasteiger partial charge >= 0.3 is 11.9 Å². The number of carbonyl (C=O) groups excluding carboxylic acids is 2. The lowest BCUT2D eigenvalue weighted by atomic mass is 10.0. The quantitative estimate of drug-likeness (QED) is 0.701. The second-order valence-electron chi connectivity index (χ2n) is 5.22. The summed E-state index contributed by atoms with van der Waals surface area (Å²) in [7, 11) is 0. The first-order valence-corrected chi connectivity index (χ1v) is 7.37. The van der Waals surface area contributed by atoms with E-state index in [1.165, 1.54) is 6.92 Å². The molecule has 0 aliphatic carbocycles. The first-order valence-electron chi connectivity index (χ1n) is 7.37. The van der Waals surface area contributed by atoms with Crippen LogP contribution in [0.1, 0.15) is 25.8 Å². The number of hydrogen-bond acceptors (Lipinski definition) is 4. The summed E-state index contributed by atoms with van der Waals surface area (Å²) < 4.78 is 31.8. The first kappa shape index (κ1) is 19.5. The fraction of sp³-hybridized carbons (Fsp3) is 0.438. The number of ether oxygens (including phenoxy) is 1. The van der Waals surface area contributed by atoms with E-state index in [0.29, 0.717) is 0 Å². The topological polar surface area (TPSA) is 92.7 Å². The maximum Gasteiger partial charge on any atom is 0.326 e. The molecule has 2 atom stereocenters. The van der Waals surface area contributed by atoms with Crippen molar-refractivity contribution in [2.45, 2.75) is 32.7 Å². The molecular weight excluding hydrogens is 324 g/mol. The summed E-state index contributed by atoms with van der Waals surface area (Å²) in [5.41, 5.74) is -0.447. The van der Waals surface area contributed by atoms with Gasteiger partial charge in [-0.1, -0.05) is 13.0 Å². The Kier molecular flexibility index (Phi) is 7.29. The highest BCUT2D eigenvalue weighted by molar-refractivity contribution is 5.85. The van der Waals surface area contributed by atoms with E-state index in [4.69, 9.17) is 9.84 Å². The highest BCUT2D eigenvalue weighted by Crippen LogP contribution is 2.14. The average Bonchev–Trinajstić information content (AvgIpc) is 2.50. The average molecular weight is 343 g/mol. The molecule has 24 heavy (non-hydrogen) atoms. The minimum absolute atomic E-state index is 0.153. The van der Waals surface area contributed by atoms with E-state index in [2.05, 4.69) is 5.32 Å². The Morgan fingerprint density at radius 3 is 2.33 bits per heavy atom. The van der Waals surface area contributed by atoms with E-state index in [9.17, 15) is 23.2 Å². The number of carboxylic acid groups (broad SMARTS) is 1. The third-order valence-electron chi connectivity index (χ3n) is 3.31. The normalized spacial score (nSPS) is 13.0. The van der Waals surface area contributed by atoms with Gasteiger partial charge in [-0.15, -0.1) is 0 Å². The number of rotatable bonds is 8. The van der Waals surface area contributed by atoms with E-state index in [-0.39, 0.29) is 13.0 Å². The molecule has 1 rings (SSSR count). The molecular formula is C16H19F2NO5. The van der Waals surface area contributed by atoms with Crippen LogP contribution in [0.2, 0.25) is 0 Å². The van der Waals surface area contributed by atoms with Crippen LogP contribution >= 0.6 is 0 Å². The zero-order valence-corrected chi connectivity index (χ0v) is 13.3. The summed E-state index contributed by atoms with van der Waals surface area (Å²) in [5, 5.41) is 11.3. The Bertz CT molecular complexity index is 600. The van der Waals surface area contributed by atoms with E-state index < -0.39 is 53.4 Å². The first-order chi connectivity index (χ1) is 11.3. The molecule has 0 bridgehead atoms. The molecule has 0 saturated carbocycles. The molecule has 0 unspecified atom stereocenters. The number of carbonyl (C=O) groups is 3. The van der Waals surface area contributed by atoms with E-state index in [0.717, 1.165) is 18.2 Å². The van der Waals surface area contributed by atoms with Crippen LogP contribution in [0.4, 0.5) is 8.78 Å². The molecule has 0 saturated heterocycles. The lowest BCUT2D eigenvalue weighted by molar-refractivity contribution is -0.149. The number of hydrogen-bond donors (Lipinski definition) is 2. The van der Waals surface area contributed by atoms with Crippen LogP contribution in [0, 0.1) is 17.6 Å². The van der Waals surface area contributed by atoms with Crippen molar-refractivity contribution in [1.82, 2.24) is 5.32 Å². The van der Waals surface area contributed by atoms with E-state index in [1.54, 1.807) is 6.92 Å². The molecule has 6 nitrogen and oxygen atoms in total. The van der Waals surface area contributed by atoms with Crippen molar-refractivity contribution in [3.05, 3.63) is 35.4 Å². The molecule has 0 fully saturated rings. The Labute approximate surface area is 137 Å². The molecule has 1 aromatic carbocycles. The van der Waals surface area contributed by atoms with Gasteiger partial charge in [0.15, 0.2) is 0 Å². The fourth-order valence-corrected chi connectivity index (χ4v) is 2.06. The van der Waals surface area contributed by atoms with Gasteiger partial charge in [-0.3, -0.25) is 9.59 Å². The van der Waals surface area contributed by atoms with Gasteiger partial charge in [0.2, 0.25) is 5.91 Å². The van der Waals surface area contributed by atoms with E-state index >= 15 is 0 Å². The van der Waals surface area contributed by atoms with Crippen LogP contribution < -0.4 is 5.32 Å². The predicted molar refractivity (Wildman–Crippen MR) is 80.0 cm³/mol. The molecule has 0 spiro atoms. The van der Waals surface area contributed by atoms with Crippen LogP contribution in [-0.2, 0) is 25.5 Å². The molecule has 8 heteroatoms. The van der Waals surface area contributed by atoms with Gasteiger partial charge in [-0.05, 0) is 25.5 Å². The largest absolute Gasteiger partial charge is 0.480 e. The minimum atomic E-state index is -1.37. The predicted octanol–water partition coefficient (Wildman–Crippen LogP) is 1.67. The van der Waals surface area contributed by atoms with Crippen molar-refractivity contribution in [3.63, 3.8) is 0 Å². The standard InChI is InChI=1S/C16H19F2NO5/c1-3-24-16(23)9(2)7-13(15(21)22)19-14(20)8-10-11(17)5-4-6-12(10)18/h4-6,9,13H,3,7-8H2,1-2H3,(H,19,20)(H,21,22)/t9-,13+/m1/s1. The second kappa shape index (κ2) is 8.95. The van der Waals surface area contributed by atoms with Gasteiger partial charge in [0.1, 0.15) is 17.7 Å². The molecule has 0 aliphatic heterocycles. The fourth-order valence-electron chi connectivity index (χ4n) is 2.06. The summed E-state index contributed by atoms with van der Waals surface area (Å²) >= 11 is 0. The van der Waals surface area contributed by atoms with Gasteiger partial charge in [0, 0.05) is 5.56 Å². The van der Waals surface area contributed by atoms with Gasteiger partial charge in [-0.2, -0.15) is 0 Å². The lowest BCUT2D eigenvalue weighted by Crippen LogP contribution is -2.43. The number of benzene rings is 1. The number of aliphatic carboxylic acids is 1. The summed E-state index contributed by atoms with van der Waals surface area (Å²) in [6.07, 6.45) is -0.838. The van der Waals surface area contributed by atoms with Crippen molar-refractivity contribution in [3.8, 4) is 0 Å². The van der Waals surface area contributed by atoms with Crippen molar-refractivity contribution >= 4 is 17.8 Å². The highest BCUT2D eigenvalue weighted by Gasteiger charge is 2.27. The smallest absolute Gasteiger partial charge is 0.326 e. The van der Waals surface area contributed by atoms with Gasteiger partial charge in [0.05, 0.1) is 18.9 Å². The van der Waals surface area contributed by atoms with Crippen LogP contribution in [0.5, 0.6) is 0 Å². The maximum atomic E-state index is 13.5. The van der Waals surface area contributed by atoms with Crippen molar-refractivity contribution in [2.75, 3.05) is 6.61 Å². The van der Waals surface area contributed by atoms with Gasteiger partial charge < -0.3 is 15.2 Å². The molecule has 0 radical (unpaired) electrons. The van der Waals surface area contributed by atoms with Crippen molar-refractivity contribution in [2.24, 2.45) is 5.92 Å². The minimum Gasteiger partial charge on any atom is -0.480 e. The van der Waals surface area contributed by atoms with Crippen molar-refractivity contribution < 1.29 is 33.0 Å². The number of carboxylic acids is 1. The van der Waals surface area contributed by atoms with Crippen LogP contribution in [0.3, 0.4) is 0 Å². The number of nitrogens with one attached hydrogen (secondary N) is 1. The van der Waals surface area contributed by atoms with Crippen molar-refractivity contribution in [1.29, 1.82) is 0 Å². The number of amides is 1. The molecule has 0 heterocycles. The monoisotopic (exact) mass is 343 g/mol. The Morgan fingerprint density at radius 1 is 1.25 bits per heavy atom. The van der Waals surface area contributed by atoms with Gasteiger partial charge in [-0.25, -0.2) is 13.6 Å². The van der Waals surface area contributed by atoms with Crippen LogP contribution in [-0.4, -0.2) is 35.6 Å². The molecule has 0 aliphatic rings. The number of esters is 1. The SMILES string of the molecule is CCOC(=O)[C@H](C)C[C@H](NC(=O)Cc1c(F)cccc1F)C(=O)O. The highest BCUT2D eigenvalue weighted by atomic mass is 19.1. The summed E-state index contributed by atoms with van der Waals surface area (Å²) in [6, 6.07) is 1.80.